The number of hydrogen-bond donors (Lipinski definition) is 0. The summed E-state index contributed by atoms with van der Waals surface area (Å²) < 4.78 is 22.4. The zero-order chi connectivity index (χ0) is 21.8. The van der Waals surface area contributed by atoms with Crippen LogP contribution < -0.4 is 18.9 Å². The van der Waals surface area contributed by atoms with Gasteiger partial charge in [-0.15, -0.1) is 0 Å². The predicted octanol–water partition coefficient (Wildman–Crippen LogP) is 3.90. The average Bonchev–Trinajstić information content (AvgIpc) is 2.75. The molecule has 3 aromatic rings. The van der Waals surface area contributed by atoms with Gasteiger partial charge in [0.15, 0.2) is 29.2 Å². The van der Waals surface area contributed by atoms with Crippen LogP contribution in [0.15, 0.2) is 30.3 Å². The molecule has 30 heavy (non-hydrogen) atoms. The summed E-state index contributed by atoms with van der Waals surface area (Å²) in [7, 11) is 6.42. The molecular formula is C23H24N2O5. The summed E-state index contributed by atoms with van der Waals surface area (Å²) in [6, 6.07) is 9.56. The van der Waals surface area contributed by atoms with Crippen molar-refractivity contribution in [2.24, 2.45) is 0 Å². The van der Waals surface area contributed by atoms with Crippen molar-refractivity contribution in [3.8, 4) is 29.2 Å². The molecule has 0 aliphatic carbocycles. The zero-order valence-corrected chi connectivity index (χ0v) is 17.7. The molecule has 0 saturated heterocycles. The molecule has 0 unspecified atom stereocenters. The second kappa shape index (κ2) is 8.78. The molecule has 3 rings (SSSR count). The van der Waals surface area contributed by atoms with Crippen LogP contribution in [-0.4, -0.2) is 45.8 Å². The van der Waals surface area contributed by atoms with E-state index < -0.39 is 5.97 Å². The Balaban J connectivity index is 2.44. The Bertz CT molecular complexity index is 1150. The molecule has 0 spiro atoms. The molecule has 0 saturated carbocycles. The highest BCUT2D eigenvalue weighted by atomic mass is 16.6. The number of likely N-dealkylation sites (N-methyl/N-ethyl adjacent to an activating group) is 1. The van der Waals surface area contributed by atoms with E-state index in [0.717, 1.165) is 21.7 Å². The van der Waals surface area contributed by atoms with Crippen molar-refractivity contribution in [3.05, 3.63) is 35.9 Å². The molecule has 0 aliphatic heterocycles. The first-order valence-corrected chi connectivity index (χ1v) is 9.41. The Morgan fingerprint density at radius 3 is 2.30 bits per heavy atom. The fraction of sp³-hybridized carbons (Fsp3) is 0.304. The third-order valence-corrected chi connectivity index (χ3v) is 4.98. The van der Waals surface area contributed by atoms with Crippen molar-refractivity contribution in [1.82, 2.24) is 4.90 Å². The van der Waals surface area contributed by atoms with Crippen LogP contribution in [0.25, 0.3) is 21.5 Å². The minimum absolute atomic E-state index is 0.333. The highest BCUT2D eigenvalue weighted by Crippen LogP contribution is 2.47. The molecular weight excluding hydrogens is 384 g/mol. The Morgan fingerprint density at radius 2 is 1.70 bits per heavy atom. The van der Waals surface area contributed by atoms with Crippen molar-refractivity contribution < 1.29 is 23.7 Å². The highest BCUT2D eigenvalue weighted by Gasteiger charge is 2.21. The molecule has 7 heteroatoms. The summed E-state index contributed by atoms with van der Waals surface area (Å²) in [5.41, 5.74) is 0.989. The van der Waals surface area contributed by atoms with Crippen LogP contribution in [0, 0.1) is 11.5 Å². The predicted molar refractivity (Wildman–Crippen MR) is 114 cm³/mol. The molecule has 0 aromatic heterocycles. The molecule has 0 aliphatic rings. The van der Waals surface area contributed by atoms with E-state index >= 15 is 0 Å². The largest absolute Gasteiger partial charge is 0.493 e. The highest BCUT2D eigenvalue weighted by molar-refractivity contribution is 6.16. The summed E-state index contributed by atoms with van der Waals surface area (Å²) in [6.07, 6.45) is 2.74. The summed E-state index contributed by atoms with van der Waals surface area (Å²) in [5, 5.41) is 12.4. The maximum absolute atomic E-state index is 11.8. The number of hydrogen-bond acceptors (Lipinski definition) is 7. The van der Waals surface area contributed by atoms with E-state index in [9.17, 15) is 4.79 Å². The van der Waals surface area contributed by atoms with Gasteiger partial charge in [0.25, 0.3) is 0 Å². The van der Waals surface area contributed by atoms with Gasteiger partial charge in [0.1, 0.15) is 0 Å². The van der Waals surface area contributed by atoms with Crippen molar-refractivity contribution >= 4 is 27.5 Å². The summed E-state index contributed by atoms with van der Waals surface area (Å²) >= 11 is 0. The number of benzene rings is 3. The lowest BCUT2D eigenvalue weighted by atomic mass is 9.94. The van der Waals surface area contributed by atoms with E-state index in [4.69, 9.17) is 24.2 Å². The van der Waals surface area contributed by atoms with E-state index in [2.05, 4.69) is 6.19 Å². The third kappa shape index (κ3) is 3.77. The third-order valence-electron chi connectivity index (χ3n) is 4.98. The van der Waals surface area contributed by atoms with E-state index in [0.29, 0.717) is 41.3 Å². The summed E-state index contributed by atoms with van der Waals surface area (Å²) in [4.78, 5) is 13.4. The fourth-order valence-electron chi connectivity index (χ4n) is 3.60. The first-order valence-electron chi connectivity index (χ1n) is 9.41. The Labute approximate surface area is 175 Å². The molecule has 0 heterocycles. The number of nitrogens with zero attached hydrogens (tertiary/aromatic N) is 2. The van der Waals surface area contributed by atoms with Crippen LogP contribution in [0.2, 0.25) is 0 Å². The average molecular weight is 408 g/mol. The maximum Gasteiger partial charge on any atom is 0.308 e. The van der Waals surface area contributed by atoms with Crippen LogP contribution in [-0.2, 0) is 11.2 Å². The van der Waals surface area contributed by atoms with Crippen molar-refractivity contribution in [2.75, 3.05) is 34.9 Å². The number of methoxy groups -OCH3 is 3. The molecule has 0 atom stereocenters. The van der Waals surface area contributed by atoms with Crippen molar-refractivity contribution in [1.29, 1.82) is 5.26 Å². The van der Waals surface area contributed by atoms with Gasteiger partial charge in [-0.3, -0.25) is 4.79 Å². The number of fused-ring (bicyclic) bond motifs is 3. The Morgan fingerprint density at radius 1 is 1.00 bits per heavy atom. The van der Waals surface area contributed by atoms with Gasteiger partial charge in [-0.2, -0.15) is 5.26 Å². The monoisotopic (exact) mass is 408 g/mol. The smallest absolute Gasteiger partial charge is 0.308 e. The number of carbonyl (C=O) groups excluding carboxylic acids is 1. The second-order valence-electron chi connectivity index (χ2n) is 6.82. The first-order chi connectivity index (χ1) is 14.4. The number of carbonyl (C=O) groups is 1. The van der Waals surface area contributed by atoms with Crippen LogP contribution in [0.3, 0.4) is 0 Å². The van der Waals surface area contributed by atoms with Gasteiger partial charge < -0.3 is 23.8 Å². The van der Waals surface area contributed by atoms with Gasteiger partial charge in [0.05, 0.1) is 21.3 Å². The van der Waals surface area contributed by atoms with Crippen molar-refractivity contribution in [3.63, 3.8) is 0 Å². The minimum atomic E-state index is -0.449. The van der Waals surface area contributed by atoms with E-state index in [1.807, 2.05) is 24.3 Å². The number of rotatable bonds is 7. The molecule has 0 radical (unpaired) electrons. The zero-order valence-electron chi connectivity index (χ0n) is 17.7. The quantitative estimate of drug-likeness (QED) is 0.193. The standard InChI is InChI=1S/C23H24N2O5/c1-14(26)30-23-18(27-3)9-7-15-6-8-17-16(10-11-25(2)13-24)12-19(28-4)22(29-5)21(17)20(15)23/h6-9,12H,10-11H2,1-5H3. The molecule has 0 bridgehead atoms. The summed E-state index contributed by atoms with van der Waals surface area (Å²) in [5.74, 6) is 1.43. The number of nitriles is 1. The van der Waals surface area contributed by atoms with Gasteiger partial charge in [0.2, 0.25) is 0 Å². The van der Waals surface area contributed by atoms with Crippen molar-refractivity contribution in [2.45, 2.75) is 13.3 Å². The SMILES string of the molecule is COc1ccc2ccc3c(CCN(C)C#N)cc(OC)c(OC)c3c2c1OC(C)=O. The molecule has 0 N–H and O–H groups in total. The van der Waals surface area contributed by atoms with Gasteiger partial charge in [-0.25, -0.2) is 0 Å². The lowest BCUT2D eigenvalue weighted by Crippen LogP contribution is -2.15. The van der Waals surface area contributed by atoms with Gasteiger partial charge in [-0.1, -0.05) is 18.2 Å². The van der Waals surface area contributed by atoms with Crippen LogP contribution in [0.1, 0.15) is 12.5 Å². The molecule has 0 fully saturated rings. The van der Waals surface area contributed by atoms with E-state index in [1.165, 1.54) is 14.0 Å². The molecule has 3 aromatic carbocycles. The van der Waals surface area contributed by atoms with Crippen LogP contribution in [0.5, 0.6) is 23.0 Å². The van der Waals surface area contributed by atoms with Gasteiger partial charge >= 0.3 is 5.97 Å². The van der Waals surface area contributed by atoms with E-state index in [-0.39, 0.29) is 0 Å². The normalized spacial score (nSPS) is 10.5. The lowest BCUT2D eigenvalue weighted by Gasteiger charge is -2.19. The van der Waals surface area contributed by atoms with Crippen LogP contribution >= 0.6 is 0 Å². The lowest BCUT2D eigenvalue weighted by molar-refractivity contribution is -0.131. The van der Waals surface area contributed by atoms with E-state index in [1.54, 1.807) is 32.2 Å². The summed E-state index contributed by atoms with van der Waals surface area (Å²) in [6.45, 7) is 1.90. The second-order valence-corrected chi connectivity index (χ2v) is 6.82. The van der Waals surface area contributed by atoms with Gasteiger partial charge in [-0.05, 0) is 34.9 Å². The number of ether oxygens (including phenoxy) is 4. The topological polar surface area (TPSA) is 81.0 Å². The Kier molecular flexibility index (Phi) is 6.17. The minimum Gasteiger partial charge on any atom is -0.493 e. The van der Waals surface area contributed by atoms with Crippen LogP contribution in [0.4, 0.5) is 0 Å². The first kappa shape index (κ1) is 21.1. The number of esters is 1. The maximum atomic E-state index is 11.8. The molecule has 7 nitrogen and oxygen atoms in total. The molecule has 0 amide bonds. The fourth-order valence-corrected chi connectivity index (χ4v) is 3.60. The molecule has 156 valence electrons. The van der Waals surface area contributed by atoms with Gasteiger partial charge in [0, 0.05) is 31.3 Å². The Hall–Kier alpha value is -3.66.